The Kier molecular flexibility index (Phi) is 9.14. The fourth-order valence-corrected chi connectivity index (χ4v) is 3.18. The predicted octanol–water partition coefficient (Wildman–Crippen LogP) is 4.22. The van der Waals surface area contributed by atoms with Crippen LogP contribution < -0.4 is 11.1 Å². The Balaban J connectivity index is 0.00000210. The standard InChI is InChI=1S/C20H27N5O2.2ClH/c1-12(2)8-14(10-21)23-20(26)15-9-17(18-6-5-7-27-18)24-19-16(15)11-22-25(19)13(3)4;;/h5-7,9,11-14H,8,10,21H2,1-4H3,(H,23,26);2*1H. The van der Waals surface area contributed by atoms with Crippen molar-refractivity contribution in [2.75, 3.05) is 6.54 Å². The van der Waals surface area contributed by atoms with E-state index in [0.717, 1.165) is 11.8 Å². The first-order chi connectivity index (χ1) is 12.9. The molecule has 0 aliphatic carbocycles. The van der Waals surface area contributed by atoms with Crippen LogP contribution in [0.25, 0.3) is 22.5 Å². The molecule has 1 amide bonds. The number of hydrogen-bond donors (Lipinski definition) is 2. The fraction of sp³-hybridized carbons (Fsp3) is 0.450. The molecule has 3 aromatic rings. The van der Waals surface area contributed by atoms with Crippen molar-refractivity contribution in [1.29, 1.82) is 0 Å². The number of nitrogens with zero attached hydrogens (tertiary/aromatic N) is 3. The molecule has 3 N–H and O–H groups in total. The van der Waals surface area contributed by atoms with Crippen LogP contribution in [0.5, 0.6) is 0 Å². The fourth-order valence-electron chi connectivity index (χ4n) is 3.18. The molecule has 0 bridgehead atoms. The lowest BCUT2D eigenvalue weighted by molar-refractivity contribution is 0.0935. The van der Waals surface area contributed by atoms with Gasteiger partial charge in [-0.15, -0.1) is 24.8 Å². The third kappa shape index (κ3) is 5.50. The van der Waals surface area contributed by atoms with Crippen molar-refractivity contribution in [3.63, 3.8) is 0 Å². The van der Waals surface area contributed by atoms with Crippen LogP contribution in [0.4, 0.5) is 0 Å². The Bertz CT molecular complexity index is 922. The Hall–Kier alpha value is -2.09. The molecule has 160 valence electrons. The maximum Gasteiger partial charge on any atom is 0.252 e. The van der Waals surface area contributed by atoms with Gasteiger partial charge in [0.1, 0.15) is 5.69 Å². The van der Waals surface area contributed by atoms with Gasteiger partial charge in [-0.25, -0.2) is 9.67 Å². The summed E-state index contributed by atoms with van der Waals surface area (Å²) in [6.45, 7) is 8.68. The molecule has 3 aromatic heterocycles. The van der Waals surface area contributed by atoms with Crippen LogP contribution in [0.2, 0.25) is 0 Å². The van der Waals surface area contributed by atoms with Gasteiger partial charge in [-0.2, -0.15) is 5.10 Å². The predicted molar refractivity (Wildman–Crippen MR) is 120 cm³/mol. The summed E-state index contributed by atoms with van der Waals surface area (Å²) in [6, 6.07) is 5.43. The van der Waals surface area contributed by atoms with Gasteiger partial charge in [0.25, 0.3) is 5.91 Å². The molecule has 7 nitrogen and oxygen atoms in total. The highest BCUT2D eigenvalue weighted by Gasteiger charge is 2.21. The summed E-state index contributed by atoms with van der Waals surface area (Å²) in [5.41, 5.74) is 7.65. The van der Waals surface area contributed by atoms with E-state index in [1.807, 2.05) is 24.6 Å². The van der Waals surface area contributed by atoms with E-state index in [1.165, 1.54) is 0 Å². The number of carbonyl (C=O) groups is 1. The normalized spacial score (nSPS) is 12.0. The summed E-state index contributed by atoms with van der Waals surface area (Å²) >= 11 is 0. The molecule has 1 unspecified atom stereocenters. The highest BCUT2D eigenvalue weighted by molar-refractivity contribution is 6.06. The number of hydrogen-bond acceptors (Lipinski definition) is 5. The topological polar surface area (TPSA) is 99.0 Å². The van der Waals surface area contributed by atoms with Crippen LogP contribution >= 0.6 is 24.8 Å². The molecule has 0 spiro atoms. The van der Waals surface area contributed by atoms with E-state index in [-0.39, 0.29) is 42.8 Å². The maximum atomic E-state index is 13.0. The Morgan fingerprint density at radius 1 is 1.28 bits per heavy atom. The van der Waals surface area contributed by atoms with E-state index in [2.05, 4.69) is 24.3 Å². The summed E-state index contributed by atoms with van der Waals surface area (Å²) in [4.78, 5) is 17.7. The second-order valence-corrected chi connectivity index (χ2v) is 7.49. The van der Waals surface area contributed by atoms with E-state index in [4.69, 9.17) is 15.1 Å². The molecular weight excluding hydrogens is 413 g/mol. The lowest BCUT2D eigenvalue weighted by atomic mass is 10.0. The number of pyridine rings is 1. The van der Waals surface area contributed by atoms with E-state index in [0.29, 0.717) is 35.1 Å². The molecule has 0 aliphatic rings. The third-order valence-electron chi connectivity index (χ3n) is 4.45. The highest BCUT2D eigenvalue weighted by atomic mass is 35.5. The van der Waals surface area contributed by atoms with Crippen molar-refractivity contribution in [3.05, 3.63) is 36.2 Å². The summed E-state index contributed by atoms with van der Waals surface area (Å²) in [5.74, 6) is 0.883. The van der Waals surface area contributed by atoms with E-state index in [1.54, 1.807) is 24.6 Å². The zero-order chi connectivity index (χ0) is 19.6. The number of halogens is 2. The molecule has 0 saturated carbocycles. The van der Waals surface area contributed by atoms with Crippen molar-refractivity contribution in [1.82, 2.24) is 20.1 Å². The van der Waals surface area contributed by atoms with E-state index in [9.17, 15) is 4.79 Å². The average Bonchev–Trinajstić information content (AvgIpc) is 3.29. The van der Waals surface area contributed by atoms with Gasteiger partial charge in [0.2, 0.25) is 0 Å². The molecular formula is C20H29Cl2N5O2. The van der Waals surface area contributed by atoms with Crippen molar-refractivity contribution in [2.24, 2.45) is 11.7 Å². The van der Waals surface area contributed by atoms with Gasteiger partial charge >= 0.3 is 0 Å². The molecule has 0 radical (unpaired) electrons. The van der Waals surface area contributed by atoms with E-state index >= 15 is 0 Å². The molecule has 3 heterocycles. The Morgan fingerprint density at radius 3 is 2.55 bits per heavy atom. The molecule has 29 heavy (non-hydrogen) atoms. The summed E-state index contributed by atoms with van der Waals surface area (Å²) < 4.78 is 7.30. The number of fused-ring (bicyclic) bond motifs is 1. The summed E-state index contributed by atoms with van der Waals surface area (Å²) in [7, 11) is 0. The molecule has 9 heteroatoms. The van der Waals surface area contributed by atoms with Crippen LogP contribution in [0.1, 0.15) is 50.5 Å². The van der Waals surface area contributed by atoms with Crippen LogP contribution in [-0.4, -0.2) is 33.3 Å². The van der Waals surface area contributed by atoms with Gasteiger partial charge in [0.15, 0.2) is 11.4 Å². The highest BCUT2D eigenvalue weighted by Crippen LogP contribution is 2.26. The van der Waals surface area contributed by atoms with Crippen molar-refractivity contribution >= 4 is 41.8 Å². The monoisotopic (exact) mass is 441 g/mol. The van der Waals surface area contributed by atoms with Gasteiger partial charge < -0.3 is 15.5 Å². The number of aromatic nitrogens is 3. The molecule has 1 atom stereocenters. The van der Waals surface area contributed by atoms with Crippen molar-refractivity contribution < 1.29 is 9.21 Å². The third-order valence-corrected chi connectivity index (χ3v) is 4.45. The minimum Gasteiger partial charge on any atom is -0.463 e. The lowest BCUT2D eigenvalue weighted by Crippen LogP contribution is -2.41. The first-order valence-corrected chi connectivity index (χ1v) is 9.33. The first kappa shape index (κ1) is 24.9. The van der Waals surface area contributed by atoms with Gasteiger partial charge in [-0.05, 0) is 44.4 Å². The number of rotatable bonds is 7. The minimum absolute atomic E-state index is 0. The molecule has 0 aliphatic heterocycles. The Morgan fingerprint density at radius 2 is 2.00 bits per heavy atom. The number of furan rings is 1. The van der Waals surface area contributed by atoms with Crippen LogP contribution in [-0.2, 0) is 0 Å². The molecule has 0 fully saturated rings. The van der Waals surface area contributed by atoms with Gasteiger partial charge in [-0.1, -0.05) is 13.8 Å². The van der Waals surface area contributed by atoms with Gasteiger partial charge in [0, 0.05) is 18.6 Å². The summed E-state index contributed by atoms with van der Waals surface area (Å²) in [5, 5.41) is 8.20. The van der Waals surface area contributed by atoms with Crippen LogP contribution in [0.3, 0.4) is 0 Å². The van der Waals surface area contributed by atoms with Crippen molar-refractivity contribution in [2.45, 2.75) is 46.2 Å². The quantitative estimate of drug-likeness (QED) is 0.571. The smallest absolute Gasteiger partial charge is 0.252 e. The SMILES string of the molecule is CC(C)CC(CN)NC(=O)c1cc(-c2ccco2)nc2c1cnn2C(C)C.Cl.Cl. The van der Waals surface area contributed by atoms with E-state index < -0.39 is 0 Å². The van der Waals surface area contributed by atoms with Crippen molar-refractivity contribution in [3.8, 4) is 11.5 Å². The first-order valence-electron chi connectivity index (χ1n) is 9.33. The van der Waals surface area contributed by atoms with Crippen LogP contribution in [0, 0.1) is 5.92 Å². The zero-order valence-corrected chi connectivity index (χ0v) is 18.7. The zero-order valence-electron chi connectivity index (χ0n) is 17.1. The number of carbonyl (C=O) groups excluding carboxylic acids is 1. The van der Waals surface area contributed by atoms with Gasteiger partial charge in [-0.3, -0.25) is 4.79 Å². The average molecular weight is 442 g/mol. The number of nitrogens with one attached hydrogen (secondary N) is 1. The minimum atomic E-state index is -0.172. The molecule has 0 aromatic carbocycles. The Labute approximate surface area is 183 Å². The second-order valence-electron chi connectivity index (χ2n) is 7.49. The summed E-state index contributed by atoms with van der Waals surface area (Å²) in [6.07, 6.45) is 4.11. The van der Waals surface area contributed by atoms with Gasteiger partial charge in [0.05, 0.1) is 23.4 Å². The molecule has 3 rings (SSSR count). The second kappa shape index (κ2) is 10.6. The van der Waals surface area contributed by atoms with Crippen LogP contribution in [0.15, 0.2) is 35.1 Å². The number of amides is 1. The maximum absolute atomic E-state index is 13.0. The molecule has 0 saturated heterocycles. The lowest BCUT2D eigenvalue weighted by Gasteiger charge is -2.19. The largest absolute Gasteiger partial charge is 0.463 e. The number of nitrogens with two attached hydrogens (primary N) is 1.